The van der Waals surface area contributed by atoms with Gasteiger partial charge in [-0.3, -0.25) is 9.59 Å². The maximum absolute atomic E-state index is 10.9. The van der Waals surface area contributed by atoms with Gasteiger partial charge in [-0.2, -0.15) is 0 Å². The molecule has 6 atom stereocenters. The average molecular weight is 200 g/mol. The molecule has 0 radical (unpaired) electrons. The zero-order valence-corrected chi connectivity index (χ0v) is 6.99. The number of carbonyl (C=O) groups is 2. The number of carboxylic acid groups (broad SMARTS) is 2. The van der Waals surface area contributed by atoms with E-state index in [9.17, 15) is 9.59 Å². The van der Waals surface area contributed by atoms with Gasteiger partial charge in [-0.15, -0.1) is 0 Å². The van der Waals surface area contributed by atoms with Gasteiger partial charge in [0.25, 0.3) is 0 Å². The summed E-state index contributed by atoms with van der Waals surface area (Å²) in [7, 11) is 0. The quantitative estimate of drug-likeness (QED) is 0.551. The first-order valence-corrected chi connectivity index (χ1v) is 4.38. The van der Waals surface area contributed by atoms with E-state index in [0.717, 1.165) is 0 Å². The Hall–Kier alpha value is -1.14. The number of ether oxygens (including phenoxy) is 2. The van der Waals surface area contributed by atoms with Gasteiger partial charge < -0.3 is 19.7 Å². The van der Waals surface area contributed by atoms with E-state index in [1.807, 2.05) is 0 Å². The van der Waals surface area contributed by atoms with Crippen molar-refractivity contribution in [3.8, 4) is 0 Å². The molecular formula is C8H8O6. The molecule has 3 fully saturated rings. The maximum atomic E-state index is 10.9. The van der Waals surface area contributed by atoms with Gasteiger partial charge in [-0.1, -0.05) is 0 Å². The Morgan fingerprint density at radius 3 is 1.43 bits per heavy atom. The van der Waals surface area contributed by atoms with Crippen molar-refractivity contribution >= 4 is 11.9 Å². The topological polar surface area (TPSA) is 99.7 Å². The lowest BCUT2D eigenvalue weighted by molar-refractivity contribution is -0.155. The summed E-state index contributed by atoms with van der Waals surface area (Å²) >= 11 is 0. The molecule has 2 aliphatic heterocycles. The van der Waals surface area contributed by atoms with Crippen LogP contribution in [0.4, 0.5) is 0 Å². The van der Waals surface area contributed by atoms with Crippen LogP contribution in [0.15, 0.2) is 0 Å². The van der Waals surface area contributed by atoms with Crippen LogP contribution < -0.4 is 0 Å². The summed E-state index contributed by atoms with van der Waals surface area (Å²) in [6, 6.07) is 0. The minimum absolute atomic E-state index is 0.184. The molecular weight excluding hydrogens is 192 g/mol. The van der Waals surface area contributed by atoms with Crippen LogP contribution in [0, 0.1) is 11.8 Å². The Morgan fingerprint density at radius 2 is 1.14 bits per heavy atom. The molecule has 3 rings (SSSR count). The second-order valence-corrected chi connectivity index (χ2v) is 3.86. The smallest absolute Gasteiger partial charge is 0.310 e. The number of rotatable bonds is 2. The number of aliphatic carboxylic acids is 2. The molecule has 2 saturated heterocycles. The molecule has 6 heteroatoms. The van der Waals surface area contributed by atoms with Gasteiger partial charge in [-0.25, -0.2) is 0 Å². The van der Waals surface area contributed by atoms with Crippen LogP contribution in [0.5, 0.6) is 0 Å². The van der Waals surface area contributed by atoms with Gasteiger partial charge in [-0.05, 0) is 0 Å². The highest BCUT2D eigenvalue weighted by Crippen LogP contribution is 2.53. The molecule has 0 bridgehead atoms. The molecule has 3 aliphatic rings. The summed E-state index contributed by atoms with van der Waals surface area (Å²) in [5, 5.41) is 17.8. The number of hydrogen-bond acceptors (Lipinski definition) is 4. The van der Waals surface area contributed by atoms with E-state index in [-0.39, 0.29) is 12.2 Å². The SMILES string of the molecule is O=C(O)[C@@H]1[C@@H]2O[C@@H]2[C@@H]2O[C@@H]2[C@H]1C(=O)O. The van der Waals surface area contributed by atoms with Crippen molar-refractivity contribution in [1.82, 2.24) is 0 Å². The Kier molecular flexibility index (Phi) is 1.32. The molecule has 0 spiro atoms. The van der Waals surface area contributed by atoms with E-state index in [0.29, 0.717) is 0 Å². The van der Waals surface area contributed by atoms with Gasteiger partial charge in [0, 0.05) is 0 Å². The summed E-state index contributed by atoms with van der Waals surface area (Å²) in [5.74, 6) is -4.14. The van der Waals surface area contributed by atoms with Crippen molar-refractivity contribution in [3.05, 3.63) is 0 Å². The van der Waals surface area contributed by atoms with Crippen molar-refractivity contribution in [3.63, 3.8) is 0 Å². The van der Waals surface area contributed by atoms with Crippen LogP contribution in [0.3, 0.4) is 0 Å². The predicted octanol–water partition coefficient (Wildman–Crippen LogP) is -1.06. The molecule has 6 nitrogen and oxygen atoms in total. The molecule has 0 unspecified atom stereocenters. The van der Waals surface area contributed by atoms with E-state index < -0.39 is 36.0 Å². The first kappa shape index (κ1) is 8.19. The van der Waals surface area contributed by atoms with E-state index in [1.54, 1.807) is 0 Å². The third-order valence-electron chi connectivity index (χ3n) is 3.11. The molecule has 1 aliphatic carbocycles. The van der Waals surface area contributed by atoms with Crippen molar-refractivity contribution < 1.29 is 29.3 Å². The number of hydrogen-bond donors (Lipinski definition) is 2. The molecule has 0 aromatic carbocycles. The van der Waals surface area contributed by atoms with Crippen molar-refractivity contribution in [2.24, 2.45) is 11.8 Å². The summed E-state index contributed by atoms with van der Waals surface area (Å²) in [5.41, 5.74) is 0. The Bertz CT molecular complexity index is 294. The molecule has 1 saturated carbocycles. The molecule has 2 heterocycles. The van der Waals surface area contributed by atoms with Crippen molar-refractivity contribution in [1.29, 1.82) is 0 Å². The van der Waals surface area contributed by atoms with Gasteiger partial charge in [0.05, 0.1) is 0 Å². The fourth-order valence-corrected chi connectivity index (χ4v) is 2.38. The van der Waals surface area contributed by atoms with E-state index >= 15 is 0 Å². The van der Waals surface area contributed by atoms with Crippen molar-refractivity contribution in [2.45, 2.75) is 24.4 Å². The summed E-state index contributed by atoms with van der Waals surface area (Å²) in [6.07, 6.45) is -1.29. The van der Waals surface area contributed by atoms with Crippen LogP contribution in [0.1, 0.15) is 0 Å². The second-order valence-electron chi connectivity index (χ2n) is 3.86. The van der Waals surface area contributed by atoms with Gasteiger partial charge in [0.1, 0.15) is 36.3 Å². The van der Waals surface area contributed by atoms with Crippen LogP contribution in [0.25, 0.3) is 0 Å². The number of fused-ring (bicyclic) bond motifs is 3. The lowest BCUT2D eigenvalue weighted by Crippen LogP contribution is -2.42. The zero-order chi connectivity index (χ0) is 10.0. The highest BCUT2D eigenvalue weighted by atomic mass is 16.7. The zero-order valence-electron chi connectivity index (χ0n) is 6.99. The number of carboxylic acids is 2. The molecule has 2 N–H and O–H groups in total. The highest BCUT2D eigenvalue weighted by Gasteiger charge is 2.72. The van der Waals surface area contributed by atoms with E-state index in [4.69, 9.17) is 19.7 Å². The number of epoxide rings is 2. The standard InChI is InChI=1S/C8H8O6/c9-7(10)1-2(8(11)12)4-6(14-4)5-3(1)13-5/h1-6H,(H,9,10)(H,11,12)/t1-,2-,3-,4+,5-,6+/m0/s1. The lowest BCUT2D eigenvalue weighted by atomic mass is 9.79. The molecule has 0 aromatic heterocycles. The lowest BCUT2D eigenvalue weighted by Gasteiger charge is -2.18. The Morgan fingerprint density at radius 1 is 0.786 bits per heavy atom. The molecule has 14 heavy (non-hydrogen) atoms. The average Bonchev–Trinajstić information content (AvgIpc) is 2.93. The Labute approximate surface area is 78.4 Å². The van der Waals surface area contributed by atoms with E-state index in [2.05, 4.69) is 0 Å². The van der Waals surface area contributed by atoms with Crippen LogP contribution in [-0.2, 0) is 19.1 Å². The monoisotopic (exact) mass is 200 g/mol. The van der Waals surface area contributed by atoms with Gasteiger partial charge in [0.2, 0.25) is 0 Å². The van der Waals surface area contributed by atoms with Crippen LogP contribution in [-0.4, -0.2) is 46.6 Å². The van der Waals surface area contributed by atoms with Crippen LogP contribution >= 0.6 is 0 Å². The minimum atomic E-state index is -1.11. The van der Waals surface area contributed by atoms with E-state index in [1.165, 1.54) is 0 Å². The fraction of sp³-hybridized carbons (Fsp3) is 0.750. The minimum Gasteiger partial charge on any atom is -0.481 e. The molecule has 0 amide bonds. The molecule has 76 valence electrons. The van der Waals surface area contributed by atoms with Crippen molar-refractivity contribution in [2.75, 3.05) is 0 Å². The third-order valence-corrected chi connectivity index (χ3v) is 3.11. The van der Waals surface area contributed by atoms with Crippen LogP contribution in [0.2, 0.25) is 0 Å². The highest BCUT2D eigenvalue weighted by molar-refractivity contribution is 5.82. The fourth-order valence-electron chi connectivity index (χ4n) is 2.38. The first-order valence-electron chi connectivity index (χ1n) is 4.38. The summed E-state index contributed by atoms with van der Waals surface area (Å²) in [4.78, 5) is 21.7. The normalized spacial score (nSPS) is 52.9. The summed E-state index contributed by atoms with van der Waals surface area (Å²) < 4.78 is 10.2. The predicted molar refractivity (Wildman–Crippen MR) is 39.6 cm³/mol. The maximum Gasteiger partial charge on any atom is 0.310 e. The van der Waals surface area contributed by atoms with Gasteiger partial charge >= 0.3 is 11.9 Å². The Balaban J connectivity index is 1.92. The summed E-state index contributed by atoms with van der Waals surface area (Å²) in [6.45, 7) is 0. The molecule has 0 aromatic rings. The van der Waals surface area contributed by atoms with Gasteiger partial charge in [0.15, 0.2) is 0 Å². The first-order chi connectivity index (χ1) is 6.61. The third kappa shape index (κ3) is 0.869. The largest absolute Gasteiger partial charge is 0.481 e. The second kappa shape index (κ2) is 2.26.